The number of carbonyl (C=O) groups is 1. The Bertz CT molecular complexity index is 390. The van der Waals surface area contributed by atoms with Gasteiger partial charge in [0.1, 0.15) is 0 Å². The quantitative estimate of drug-likeness (QED) is 0.679. The Labute approximate surface area is 116 Å². The first-order valence-electron chi connectivity index (χ1n) is 7.20. The summed E-state index contributed by atoms with van der Waals surface area (Å²) in [4.78, 5) is 13.2. The number of anilines is 1. The molecule has 0 heterocycles. The molecular weight excluding hydrogens is 238 g/mol. The van der Waals surface area contributed by atoms with E-state index in [9.17, 15) is 4.79 Å². The second-order valence-electron chi connectivity index (χ2n) is 5.01. The van der Waals surface area contributed by atoms with E-state index in [0.29, 0.717) is 5.56 Å². The van der Waals surface area contributed by atoms with Crippen molar-refractivity contribution in [3.63, 3.8) is 0 Å². The van der Waals surface area contributed by atoms with Gasteiger partial charge in [-0.2, -0.15) is 0 Å². The van der Waals surface area contributed by atoms with E-state index < -0.39 is 5.97 Å². The molecule has 0 radical (unpaired) electrons. The minimum absolute atomic E-state index is 0.385. The van der Waals surface area contributed by atoms with E-state index in [1.165, 1.54) is 32.1 Å². The van der Waals surface area contributed by atoms with E-state index in [0.717, 1.165) is 18.7 Å². The molecule has 1 aromatic carbocycles. The Morgan fingerprint density at radius 3 is 2.42 bits per heavy atom. The predicted octanol–water partition coefficient (Wildman–Crippen LogP) is 4.18. The van der Waals surface area contributed by atoms with Gasteiger partial charge in [-0.3, -0.25) is 0 Å². The molecule has 19 heavy (non-hydrogen) atoms. The SMILES string of the molecule is CCCCCCCCN(C)c1ccccc1C(=O)O. The minimum atomic E-state index is -0.856. The van der Waals surface area contributed by atoms with Crippen molar-refractivity contribution in [2.75, 3.05) is 18.5 Å². The van der Waals surface area contributed by atoms with Crippen LogP contribution in [0.25, 0.3) is 0 Å². The van der Waals surface area contributed by atoms with Crippen molar-refractivity contribution < 1.29 is 9.90 Å². The van der Waals surface area contributed by atoms with Gasteiger partial charge < -0.3 is 10.0 Å². The number of unbranched alkanes of at least 4 members (excludes halogenated alkanes) is 5. The Kier molecular flexibility index (Phi) is 7.01. The summed E-state index contributed by atoms with van der Waals surface area (Å²) in [6.07, 6.45) is 7.52. The average molecular weight is 263 g/mol. The molecule has 0 amide bonds. The van der Waals surface area contributed by atoms with E-state index in [4.69, 9.17) is 5.11 Å². The molecule has 1 rings (SSSR count). The van der Waals surface area contributed by atoms with Crippen molar-refractivity contribution >= 4 is 11.7 Å². The maximum Gasteiger partial charge on any atom is 0.337 e. The van der Waals surface area contributed by atoms with Gasteiger partial charge in [0.15, 0.2) is 0 Å². The Hall–Kier alpha value is -1.51. The Morgan fingerprint density at radius 1 is 1.11 bits per heavy atom. The standard InChI is InChI=1S/C16H25NO2/c1-3-4-5-6-7-10-13-17(2)15-12-9-8-11-14(15)16(18)19/h8-9,11-12H,3-7,10,13H2,1-2H3,(H,18,19). The molecule has 0 aliphatic rings. The summed E-state index contributed by atoms with van der Waals surface area (Å²) >= 11 is 0. The van der Waals surface area contributed by atoms with E-state index in [-0.39, 0.29) is 0 Å². The van der Waals surface area contributed by atoms with Crippen molar-refractivity contribution in [2.24, 2.45) is 0 Å². The Morgan fingerprint density at radius 2 is 1.74 bits per heavy atom. The first kappa shape index (κ1) is 15.5. The van der Waals surface area contributed by atoms with Crippen LogP contribution in [0.5, 0.6) is 0 Å². The number of benzene rings is 1. The van der Waals surface area contributed by atoms with Crippen LogP contribution in [0.2, 0.25) is 0 Å². The molecule has 1 N–H and O–H groups in total. The largest absolute Gasteiger partial charge is 0.478 e. The van der Waals surface area contributed by atoms with Crippen LogP contribution >= 0.6 is 0 Å². The number of hydrogen-bond acceptors (Lipinski definition) is 2. The molecule has 0 aliphatic heterocycles. The fourth-order valence-electron chi connectivity index (χ4n) is 2.24. The first-order chi connectivity index (χ1) is 9.16. The van der Waals surface area contributed by atoms with Crippen LogP contribution in [-0.2, 0) is 0 Å². The molecule has 0 saturated carbocycles. The summed E-state index contributed by atoms with van der Waals surface area (Å²) < 4.78 is 0. The molecule has 0 unspecified atom stereocenters. The van der Waals surface area contributed by atoms with Crippen LogP contribution in [0.4, 0.5) is 5.69 Å². The van der Waals surface area contributed by atoms with Crippen LogP contribution in [-0.4, -0.2) is 24.7 Å². The predicted molar refractivity (Wildman–Crippen MR) is 80.0 cm³/mol. The van der Waals surface area contributed by atoms with Crippen molar-refractivity contribution in [2.45, 2.75) is 45.4 Å². The molecule has 0 aromatic heterocycles. The number of aromatic carboxylic acids is 1. The normalized spacial score (nSPS) is 10.4. The second kappa shape index (κ2) is 8.57. The number of carboxylic acid groups (broad SMARTS) is 1. The van der Waals surface area contributed by atoms with Gasteiger partial charge in [0, 0.05) is 13.6 Å². The van der Waals surface area contributed by atoms with Crippen LogP contribution < -0.4 is 4.90 Å². The van der Waals surface area contributed by atoms with Gasteiger partial charge in [0.05, 0.1) is 11.3 Å². The summed E-state index contributed by atoms with van der Waals surface area (Å²) in [5.74, 6) is -0.856. The molecule has 0 fully saturated rings. The first-order valence-corrected chi connectivity index (χ1v) is 7.20. The molecule has 0 atom stereocenters. The van der Waals surface area contributed by atoms with Gasteiger partial charge in [0.2, 0.25) is 0 Å². The zero-order chi connectivity index (χ0) is 14.1. The van der Waals surface area contributed by atoms with Gasteiger partial charge in [0.25, 0.3) is 0 Å². The average Bonchev–Trinajstić information content (AvgIpc) is 2.42. The van der Waals surface area contributed by atoms with Crippen molar-refractivity contribution in [1.29, 1.82) is 0 Å². The van der Waals surface area contributed by atoms with Gasteiger partial charge in [-0.25, -0.2) is 4.79 Å². The highest BCUT2D eigenvalue weighted by atomic mass is 16.4. The van der Waals surface area contributed by atoms with Crippen LogP contribution in [0.15, 0.2) is 24.3 Å². The molecule has 0 saturated heterocycles. The number of nitrogens with zero attached hydrogens (tertiary/aromatic N) is 1. The number of para-hydroxylation sites is 1. The van der Waals surface area contributed by atoms with Gasteiger partial charge in [-0.1, -0.05) is 51.2 Å². The third-order valence-corrected chi connectivity index (χ3v) is 3.39. The zero-order valence-electron chi connectivity index (χ0n) is 12.1. The lowest BCUT2D eigenvalue weighted by molar-refractivity contribution is 0.0697. The van der Waals surface area contributed by atoms with E-state index in [1.54, 1.807) is 12.1 Å². The topological polar surface area (TPSA) is 40.5 Å². The van der Waals surface area contributed by atoms with Crippen molar-refractivity contribution in [1.82, 2.24) is 0 Å². The van der Waals surface area contributed by atoms with E-state index in [2.05, 4.69) is 6.92 Å². The highest BCUT2D eigenvalue weighted by molar-refractivity contribution is 5.94. The number of hydrogen-bond donors (Lipinski definition) is 1. The third kappa shape index (κ3) is 5.33. The smallest absolute Gasteiger partial charge is 0.337 e. The fraction of sp³-hybridized carbons (Fsp3) is 0.562. The van der Waals surface area contributed by atoms with Crippen molar-refractivity contribution in [3.05, 3.63) is 29.8 Å². The minimum Gasteiger partial charge on any atom is -0.478 e. The monoisotopic (exact) mass is 263 g/mol. The van der Waals surface area contributed by atoms with Gasteiger partial charge >= 0.3 is 5.97 Å². The molecular formula is C16H25NO2. The van der Waals surface area contributed by atoms with Crippen LogP contribution in [0.1, 0.15) is 55.8 Å². The van der Waals surface area contributed by atoms with Gasteiger partial charge in [-0.05, 0) is 18.6 Å². The fourth-order valence-corrected chi connectivity index (χ4v) is 2.24. The number of carboxylic acids is 1. The summed E-state index contributed by atoms with van der Waals surface area (Å²) in [6, 6.07) is 7.20. The van der Waals surface area contributed by atoms with E-state index >= 15 is 0 Å². The zero-order valence-corrected chi connectivity index (χ0v) is 12.1. The molecule has 3 nitrogen and oxygen atoms in total. The highest BCUT2D eigenvalue weighted by Gasteiger charge is 2.11. The van der Waals surface area contributed by atoms with Crippen LogP contribution in [0.3, 0.4) is 0 Å². The summed E-state index contributed by atoms with van der Waals surface area (Å²) in [5, 5.41) is 9.16. The molecule has 1 aromatic rings. The summed E-state index contributed by atoms with van der Waals surface area (Å²) in [6.45, 7) is 3.13. The lowest BCUT2D eigenvalue weighted by Crippen LogP contribution is -2.21. The maximum absolute atomic E-state index is 11.1. The summed E-state index contributed by atoms with van der Waals surface area (Å²) in [5.41, 5.74) is 1.19. The van der Waals surface area contributed by atoms with Crippen molar-refractivity contribution in [3.8, 4) is 0 Å². The lowest BCUT2D eigenvalue weighted by atomic mass is 10.1. The molecule has 0 aliphatic carbocycles. The van der Waals surface area contributed by atoms with Crippen LogP contribution in [0, 0.1) is 0 Å². The molecule has 0 spiro atoms. The highest BCUT2D eigenvalue weighted by Crippen LogP contribution is 2.19. The summed E-state index contributed by atoms with van der Waals surface area (Å²) in [7, 11) is 1.97. The third-order valence-electron chi connectivity index (χ3n) is 3.39. The van der Waals surface area contributed by atoms with E-state index in [1.807, 2.05) is 24.1 Å². The van der Waals surface area contributed by atoms with Gasteiger partial charge in [-0.15, -0.1) is 0 Å². The second-order valence-corrected chi connectivity index (χ2v) is 5.01. The number of rotatable bonds is 9. The molecule has 0 bridgehead atoms. The lowest BCUT2D eigenvalue weighted by Gasteiger charge is -2.21. The Balaban J connectivity index is 2.41. The maximum atomic E-state index is 11.1. The molecule has 106 valence electrons. The molecule has 3 heteroatoms.